The first-order valence-corrected chi connectivity index (χ1v) is 12.9. The van der Waals surface area contributed by atoms with E-state index in [1.807, 2.05) is 6.07 Å². The largest absolute Gasteiger partial charge is 0.444 e. The second kappa shape index (κ2) is 9.40. The maximum absolute atomic E-state index is 15.0. The van der Waals surface area contributed by atoms with Gasteiger partial charge in [-0.1, -0.05) is 19.1 Å². The highest BCUT2D eigenvalue weighted by Crippen LogP contribution is 2.67. The summed E-state index contributed by atoms with van der Waals surface area (Å²) in [4.78, 5) is 32.2. The van der Waals surface area contributed by atoms with Crippen LogP contribution in [0.25, 0.3) is 11.1 Å². The van der Waals surface area contributed by atoms with Crippen molar-refractivity contribution in [2.75, 3.05) is 0 Å². The number of nitrogens with one attached hydrogen (secondary N) is 1. The van der Waals surface area contributed by atoms with Crippen LogP contribution in [0, 0.1) is 52.2 Å². The summed E-state index contributed by atoms with van der Waals surface area (Å²) in [5, 5.41) is 21.5. The van der Waals surface area contributed by atoms with Crippen LogP contribution in [0.3, 0.4) is 0 Å². The Labute approximate surface area is 221 Å². The van der Waals surface area contributed by atoms with Crippen molar-refractivity contribution in [3.8, 4) is 23.3 Å². The van der Waals surface area contributed by atoms with E-state index in [0.29, 0.717) is 28.9 Å². The fraction of sp³-hybridized carbons (Fsp3) is 0.483. The van der Waals surface area contributed by atoms with E-state index in [9.17, 15) is 19.2 Å². The van der Waals surface area contributed by atoms with Gasteiger partial charge in [-0.2, -0.15) is 10.5 Å². The van der Waals surface area contributed by atoms with Crippen LogP contribution in [-0.4, -0.2) is 45.6 Å². The Kier molecular flexibility index (Phi) is 6.35. The van der Waals surface area contributed by atoms with Crippen LogP contribution < -0.4 is 5.32 Å². The van der Waals surface area contributed by atoms with Crippen molar-refractivity contribution in [3.05, 3.63) is 53.6 Å². The van der Waals surface area contributed by atoms with Gasteiger partial charge < -0.3 is 10.1 Å². The quantitative estimate of drug-likeness (QED) is 0.637. The number of hydrogen-bond donors (Lipinski definition) is 1. The van der Waals surface area contributed by atoms with Crippen LogP contribution in [0.4, 0.5) is 9.18 Å². The van der Waals surface area contributed by atoms with E-state index in [0.717, 1.165) is 6.42 Å². The standard InChI is InChI=1S/C29H30FN5O3/c1-15-24-21-11-23(25(15)24)35(28(37)38-29(2,3)4)26(21)27(36)34-20(13-32)9-17-6-5-16(10-22(17)30)18-7-8-19(12-31)33-14-18/h5-8,10,14-15,20-21,23-26H,9,11H2,1-4H3,(H,34,36)/t15-,20-,21+,23-,24-,25+,26-/m0/s1. The van der Waals surface area contributed by atoms with Crippen LogP contribution in [0.15, 0.2) is 36.5 Å². The molecule has 1 saturated heterocycles. The number of hydrogen-bond acceptors (Lipinski definition) is 6. The first-order chi connectivity index (χ1) is 18.0. The van der Waals surface area contributed by atoms with Crippen molar-refractivity contribution in [2.45, 2.75) is 64.3 Å². The van der Waals surface area contributed by atoms with Crippen molar-refractivity contribution in [1.82, 2.24) is 15.2 Å². The average Bonchev–Trinajstić information content (AvgIpc) is 3.22. The molecule has 3 aliphatic rings. The summed E-state index contributed by atoms with van der Waals surface area (Å²) in [6, 6.07) is 10.2. The van der Waals surface area contributed by atoms with E-state index in [2.05, 4.69) is 23.3 Å². The summed E-state index contributed by atoms with van der Waals surface area (Å²) in [5.74, 6) is 0.370. The fourth-order valence-electron chi connectivity index (χ4n) is 6.47. The minimum atomic E-state index is -0.966. The van der Waals surface area contributed by atoms with Crippen LogP contribution in [0.5, 0.6) is 0 Å². The lowest BCUT2D eigenvalue weighted by Crippen LogP contribution is -2.56. The number of pyridine rings is 1. The number of rotatable bonds is 5. The molecule has 5 rings (SSSR count). The van der Waals surface area contributed by atoms with Gasteiger partial charge in [-0.15, -0.1) is 0 Å². The van der Waals surface area contributed by atoms with Crippen molar-refractivity contribution in [3.63, 3.8) is 0 Å². The van der Waals surface area contributed by atoms with Gasteiger partial charge in [-0.3, -0.25) is 9.69 Å². The van der Waals surface area contributed by atoms with Crippen molar-refractivity contribution >= 4 is 12.0 Å². The van der Waals surface area contributed by atoms with E-state index in [1.54, 1.807) is 49.9 Å². The molecule has 8 nitrogen and oxygen atoms in total. The zero-order chi connectivity index (χ0) is 27.4. The number of carbonyl (C=O) groups excluding carboxylic acids is 2. The van der Waals surface area contributed by atoms with E-state index >= 15 is 0 Å². The number of ether oxygens (including phenoxy) is 1. The van der Waals surface area contributed by atoms with Gasteiger partial charge in [0.25, 0.3) is 0 Å². The van der Waals surface area contributed by atoms with Crippen LogP contribution in [0.2, 0.25) is 0 Å². The zero-order valence-corrected chi connectivity index (χ0v) is 21.8. The molecule has 3 fully saturated rings. The minimum Gasteiger partial charge on any atom is -0.444 e. The summed E-state index contributed by atoms with van der Waals surface area (Å²) >= 11 is 0. The van der Waals surface area contributed by atoms with Gasteiger partial charge in [0.2, 0.25) is 5.91 Å². The third kappa shape index (κ3) is 4.58. The number of amides is 2. The highest BCUT2D eigenvalue weighted by atomic mass is 19.1. The molecule has 196 valence electrons. The van der Waals surface area contributed by atoms with Gasteiger partial charge in [0.1, 0.15) is 35.3 Å². The topological polar surface area (TPSA) is 119 Å². The lowest BCUT2D eigenvalue weighted by atomic mass is 9.94. The van der Waals surface area contributed by atoms with Gasteiger partial charge in [0, 0.05) is 24.2 Å². The summed E-state index contributed by atoms with van der Waals surface area (Å²) in [7, 11) is 0. The van der Waals surface area contributed by atoms with Crippen molar-refractivity contribution < 1.29 is 18.7 Å². The SMILES string of the molecule is C[C@H]1[C@H]2[C@H]3C[C@@H]([C@@H]12)N(C(=O)OC(C)(C)C)[C@@H]3C(=O)N[C@H](C#N)Cc1ccc(-c2ccc(C#N)nc2)cc1F. The number of halogens is 1. The van der Waals surface area contributed by atoms with Crippen molar-refractivity contribution in [2.24, 2.45) is 23.7 Å². The second-order valence-corrected chi connectivity index (χ2v) is 11.6. The molecule has 1 aliphatic heterocycles. The van der Waals surface area contributed by atoms with Crippen LogP contribution in [-0.2, 0) is 16.0 Å². The number of aromatic nitrogens is 1. The van der Waals surface area contributed by atoms with E-state index in [1.165, 1.54) is 12.3 Å². The second-order valence-electron chi connectivity index (χ2n) is 11.6. The Balaban J connectivity index is 1.30. The molecule has 2 amide bonds. The molecule has 0 unspecified atom stereocenters. The zero-order valence-electron chi connectivity index (χ0n) is 21.8. The number of benzene rings is 1. The molecule has 1 aromatic heterocycles. The lowest BCUT2D eigenvalue weighted by molar-refractivity contribution is -0.128. The Morgan fingerprint density at radius 1 is 1.21 bits per heavy atom. The normalized spacial score (nSPS) is 27.6. The summed E-state index contributed by atoms with van der Waals surface area (Å²) in [6.45, 7) is 7.53. The molecular formula is C29H30FN5O3. The minimum absolute atomic E-state index is 0.0182. The monoisotopic (exact) mass is 515 g/mol. The number of nitriles is 2. The molecule has 1 aromatic carbocycles. The smallest absolute Gasteiger partial charge is 0.411 e. The first kappa shape index (κ1) is 25.7. The van der Waals surface area contributed by atoms with Gasteiger partial charge in [-0.05, 0) is 80.2 Å². The number of piperidine rings is 1. The first-order valence-electron chi connectivity index (χ1n) is 12.9. The molecule has 2 aromatic rings. The predicted octanol–water partition coefficient (Wildman–Crippen LogP) is 4.20. The average molecular weight is 516 g/mol. The number of carbonyl (C=O) groups is 2. The molecule has 2 bridgehead atoms. The Morgan fingerprint density at radius 3 is 2.55 bits per heavy atom. The number of likely N-dealkylation sites (tertiary alicyclic amines) is 1. The highest BCUT2D eigenvalue weighted by Gasteiger charge is 2.71. The molecule has 38 heavy (non-hydrogen) atoms. The maximum atomic E-state index is 15.0. The molecule has 0 spiro atoms. The summed E-state index contributed by atoms with van der Waals surface area (Å²) in [5.41, 5.74) is 1.11. The molecule has 1 N–H and O–H groups in total. The fourth-order valence-corrected chi connectivity index (χ4v) is 6.47. The molecule has 7 atom stereocenters. The summed E-state index contributed by atoms with van der Waals surface area (Å²) in [6.07, 6.45) is 1.74. The number of fused-ring (bicyclic) bond motifs is 5. The lowest BCUT2D eigenvalue weighted by Gasteiger charge is -2.35. The van der Waals surface area contributed by atoms with Gasteiger partial charge in [-0.25, -0.2) is 14.2 Å². The molecule has 2 heterocycles. The van der Waals surface area contributed by atoms with Crippen LogP contribution >= 0.6 is 0 Å². The maximum Gasteiger partial charge on any atom is 0.411 e. The highest BCUT2D eigenvalue weighted by molar-refractivity contribution is 5.88. The third-order valence-corrected chi connectivity index (χ3v) is 8.07. The molecule has 9 heteroatoms. The molecule has 2 saturated carbocycles. The number of nitrogens with zero attached hydrogens (tertiary/aromatic N) is 4. The Hall–Kier alpha value is -3.98. The molecular weight excluding hydrogens is 485 g/mol. The van der Waals surface area contributed by atoms with Gasteiger partial charge in [0.05, 0.1) is 6.07 Å². The van der Waals surface area contributed by atoms with E-state index in [-0.39, 0.29) is 29.6 Å². The van der Waals surface area contributed by atoms with Gasteiger partial charge >= 0.3 is 6.09 Å². The third-order valence-electron chi connectivity index (χ3n) is 8.07. The summed E-state index contributed by atoms with van der Waals surface area (Å²) < 4.78 is 20.6. The molecule has 2 aliphatic carbocycles. The Bertz CT molecular complexity index is 1360. The van der Waals surface area contributed by atoms with E-state index in [4.69, 9.17) is 10.00 Å². The predicted molar refractivity (Wildman–Crippen MR) is 135 cm³/mol. The molecule has 0 radical (unpaired) electrons. The van der Waals surface area contributed by atoms with Gasteiger partial charge in [0.15, 0.2) is 0 Å². The van der Waals surface area contributed by atoms with Crippen molar-refractivity contribution in [1.29, 1.82) is 10.5 Å². The van der Waals surface area contributed by atoms with E-state index < -0.39 is 35.5 Å². The van der Waals surface area contributed by atoms with Crippen LogP contribution in [0.1, 0.15) is 45.4 Å². The Morgan fingerprint density at radius 2 is 1.95 bits per heavy atom.